The van der Waals surface area contributed by atoms with Crippen LogP contribution in [0.3, 0.4) is 0 Å². The number of aliphatic hydroxyl groups is 1. The van der Waals surface area contributed by atoms with E-state index < -0.39 is 6.10 Å². The molecule has 120 valence electrons. The highest BCUT2D eigenvalue weighted by atomic mass is 16.3. The Morgan fingerprint density at radius 2 is 1.95 bits per heavy atom. The molecule has 2 rings (SSSR count). The van der Waals surface area contributed by atoms with Crippen LogP contribution in [0, 0.1) is 0 Å². The van der Waals surface area contributed by atoms with E-state index in [2.05, 4.69) is 10.3 Å². The fraction of sp³-hybridized carbons (Fsp3) is 0.500. The molecule has 6 heteroatoms. The van der Waals surface area contributed by atoms with Gasteiger partial charge < -0.3 is 20.4 Å². The van der Waals surface area contributed by atoms with Gasteiger partial charge >= 0.3 is 0 Å². The zero-order valence-corrected chi connectivity index (χ0v) is 13.2. The number of amides is 1. The fourth-order valence-electron chi connectivity index (χ4n) is 2.17. The number of rotatable bonds is 3. The predicted octanol–water partition coefficient (Wildman–Crippen LogP) is 0.994. The van der Waals surface area contributed by atoms with Gasteiger partial charge in [0.05, 0.1) is 24.0 Å². The normalized spacial score (nSPS) is 22.3. The molecular weight excluding hydrogens is 282 g/mol. The van der Waals surface area contributed by atoms with E-state index in [0.717, 1.165) is 0 Å². The summed E-state index contributed by atoms with van der Waals surface area (Å²) in [6, 6.07) is 5.67. The summed E-state index contributed by atoms with van der Waals surface area (Å²) in [6.07, 6.45) is 1.10. The fourth-order valence-corrected chi connectivity index (χ4v) is 2.17. The Hall–Kier alpha value is -2.08. The van der Waals surface area contributed by atoms with Gasteiger partial charge in [-0.25, -0.2) is 0 Å². The van der Waals surface area contributed by atoms with Gasteiger partial charge in [0.2, 0.25) is 0 Å². The number of benzene rings is 1. The molecule has 0 radical (unpaired) electrons. The van der Waals surface area contributed by atoms with Crippen LogP contribution in [0.5, 0.6) is 5.75 Å². The Morgan fingerprint density at radius 3 is 2.55 bits per heavy atom. The maximum absolute atomic E-state index is 12.1. The molecule has 0 bridgehead atoms. The summed E-state index contributed by atoms with van der Waals surface area (Å²) in [7, 11) is 0. The third-order valence-electron chi connectivity index (χ3n) is 3.37. The summed E-state index contributed by atoms with van der Waals surface area (Å²) in [5.41, 5.74) is 0.282. The molecule has 0 saturated carbocycles. The zero-order valence-electron chi connectivity index (χ0n) is 13.2. The van der Waals surface area contributed by atoms with Crippen molar-refractivity contribution in [2.45, 2.75) is 38.5 Å². The number of hydrogen-bond acceptors (Lipinski definition) is 4. The Labute approximate surface area is 130 Å². The average molecular weight is 305 g/mol. The van der Waals surface area contributed by atoms with Crippen molar-refractivity contribution >= 4 is 12.2 Å². The van der Waals surface area contributed by atoms with Gasteiger partial charge in [0.1, 0.15) is 5.75 Å². The van der Waals surface area contributed by atoms with Gasteiger partial charge in [-0.05, 0) is 45.0 Å². The molecule has 1 fully saturated rings. The first-order valence-electron chi connectivity index (χ1n) is 7.32. The lowest BCUT2D eigenvalue weighted by Gasteiger charge is -2.17. The SMILES string of the molecule is CC(C)(C)N=CN1CC(O)C(NC(=O)c2ccc(O)cc2)C1. The van der Waals surface area contributed by atoms with E-state index >= 15 is 0 Å². The van der Waals surface area contributed by atoms with E-state index in [1.54, 1.807) is 18.5 Å². The minimum atomic E-state index is -0.632. The largest absolute Gasteiger partial charge is 0.508 e. The Bertz CT molecular complexity index is 549. The molecule has 1 heterocycles. The van der Waals surface area contributed by atoms with Crippen molar-refractivity contribution < 1.29 is 15.0 Å². The number of phenolic OH excluding ortho intramolecular Hbond substituents is 1. The van der Waals surface area contributed by atoms with Gasteiger partial charge in [-0.15, -0.1) is 0 Å². The topological polar surface area (TPSA) is 85.2 Å². The van der Waals surface area contributed by atoms with Crippen LogP contribution in [0.4, 0.5) is 0 Å². The van der Waals surface area contributed by atoms with Crippen LogP contribution in [0.25, 0.3) is 0 Å². The molecule has 3 N–H and O–H groups in total. The van der Waals surface area contributed by atoms with E-state index in [1.807, 2.05) is 25.7 Å². The molecule has 2 atom stereocenters. The van der Waals surface area contributed by atoms with Crippen molar-refractivity contribution in [3.63, 3.8) is 0 Å². The second-order valence-electron chi connectivity index (χ2n) is 6.56. The van der Waals surface area contributed by atoms with Crippen LogP contribution < -0.4 is 5.32 Å². The Kier molecular flexibility index (Phi) is 4.71. The molecule has 0 aliphatic carbocycles. The number of aliphatic imine (C=N–C) groups is 1. The number of likely N-dealkylation sites (tertiary alicyclic amines) is 1. The van der Waals surface area contributed by atoms with Crippen molar-refractivity contribution in [2.24, 2.45) is 4.99 Å². The lowest BCUT2D eigenvalue weighted by atomic mass is 10.1. The van der Waals surface area contributed by atoms with Gasteiger partial charge in [-0.2, -0.15) is 0 Å². The zero-order chi connectivity index (χ0) is 16.3. The lowest BCUT2D eigenvalue weighted by molar-refractivity contribution is 0.0888. The Morgan fingerprint density at radius 1 is 1.32 bits per heavy atom. The van der Waals surface area contributed by atoms with Crippen LogP contribution in [0.1, 0.15) is 31.1 Å². The first-order valence-corrected chi connectivity index (χ1v) is 7.32. The smallest absolute Gasteiger partial charge is 0.251 e. The van der Waals surface area contributed by atoms with Crippen molar-refractivity contribution in [3.8, 4) is 5.75 Å². The Balaban J connectivity index is 1.94. The number of phenols is 1. The summed E-state index contributed by atoms with van der Waals surface area (Å²) < 4.78 is 0. The van der Waals surface area contributed by atoms with Crippen molar-refractivity contribution in [1.82, 2.24) is 10.2 Å². The van der Waals surface area contributed by atoms with Crippen molar-refractivity contribution in [2.75, 3.05) is 13.1 Å². The van der Waals surface area contributed by atoms with Crippen LogP contribution >= 0.6 is 0 Å². The average Bonchev–Trinajstić information content (AvgIpc) is 2.77. The van der Waals surface area contributed by atoms with Gasteiger partial charge in [0.15, 0.2) is 0 Å². The van der Waals surface area contributed by atoms with Crippen molar-refractivity contribution in [1.29, 1.82) is 0 Å². The van der Waals surface area contributed by atoms with Gasteiger partial charge in [-0.1, -0.05) is 0 Å². The maximum Gasteiger partial charge on any atom is 0.251 e. The summed E-state index contributed by atoms with van der Waals surface area (Å²) >= 11 is 0. The van der Waals surface area contributed by atoms with Crippen LogP contribution in [0.2, 0.25) is 0 Å². The minimum Gasteiger partial charge on any atom is -0.508 e. The maximum atomic E-state index is 12.1. The molecule has 0 spiro atoms. The highest BCUT2D eigenvalue weighted by Gasteiger charge is 2.31. The van der Waals surface area contributed by atoms with Crippen LogP contribution in [0.15, 0.2) is 29.3 Å². The molecule has 2 unspecified atom stereocenters. The molecule has 1 aliphatic heterocycles. The molecule has 22 heavy (non-hydrogen) atoms. The quantitative estimate of drug-likeness (QED) is 0.574. The number of β-amino-alcohol motifs (C(OH)–C–C–N with tert-alkyl or cyclic N) is 1. The number of aliphatic hydroxyl groups excluding tert-OH is 1. The summed E-state index contributed by atoms with van der Waals surface area (Å²) in [4.78, 5) is 18.4. The first kappa shape index (κ1) is 16.3. The molecule has 1 aromatic rings. The molecule has 1 aromatic carbocycles. The minimum absolute atomic E-state index is 0.113. The number of carbonyl (C=O) groups excluding carboxylic acids is 1. The molecule has 1 saturated heterocycles. The van der Waals surface area contributed by atoms with Gasteiger partial charge in [0.25, 0.3) is 5.91 Å². The molecule has 1 amide bonds. The van der Waals surface area contributed by atoms with Crippen LogP contribution in [-0.4, -0.2) is 58.1 Å². The standard InChI is InChI=1S/C16H23N3O3/c1-16(2,3)17-10-19-8-13(14(21)9-19)18-15(22)11-4-6-12(20)7-5-11/h4-7,10,13-14,20-21H,8-9H2,1-3H3,(H,18,22). The van der Waals surface area contributed by atoms with E-state index in [1.165, 1.54) is 12.1 Å². The highest BCUT2D eigenvalue weighted by molar-refractivity contribution is 5.94. The lowest BCUT2D eigenvalue weighted by Crippen LogP contribution is -2.42. The number of carbonyl (C=O) groups is 1. The van der Waals surface area contributed by atoms with Crippen LogP contribution in [-0.2, 0) is 0 Å². The van der Waals surface area contributed by atoms with Gasteiger partial charge in [0, 0.05) is 18.7 Å². The second-order valence-corrected chi connectivity index (χ2v) is 6.56. The van der Waals surface area contributed by atoms with E-state index in [0.29, 0.717) is 18.7 Å². The second kappa shape index (κ2) is 6.36. The number of nitrogens with one attached hydrogen (secondary N) is 1. The predicted molar refractivity (Wildman–Crippen MR) is 85.2 cm³/mol. The number of nitrogens with zero attached hydrogens (tertiary/aromatic N) is 2. The first-order chi connectivity index (χ1) is 10.2. The number of aromatic hydroxyl groups is 1. The van der Waals surface area contributed by atoms with E-state index in [4.69, 9.17) is 0 Å². The molecule has 6 nitrogen and oxygen atoms in total. The van der Waals surface area contributed by atoms with Crippen molar-refractivity contribution in [3.05, 3.63) is 29.8 Å². The van der Waals surface area contributed by atoms with E-state index in [9.17, 15) is 15.0 Å². The molecule has 1 aliphatic rings. The number of hydrogen-bond donors (Lipinski definition) is 3. The highest BCUT2D eigenvalue weighted by Crippen LogP contribution is 2.13. The molecular formula is C16H23N3O3. The summed E-state index contributed by atoms with van der Waals surface area (Å²) in [5.74, 6) is -0.152. The molecule has 0 aromatic heterocycles. The van der Waals surface area contributed by atoms with Gasteiger partial charge in [-0.3, -0.25) is 9.79 Å². The third-order valence-corrected chi connectivity index (χ3v) is 3.37. The monoisotopic (exact) mass is 305 g/mol. The van der Waals surface area contributed by atoms with E-state index in [-0.39, 0.29) is 23.2 Å². The summed E-state index contributed by atoms with van der Waals surface area (Å²) in [5, 5.41) is 22.1. The summed E-state index contributed by atoms with van der Waals surface area (Å²) in [6.45, 7) is 6.96. The third kappa shape index (κ3) is 4.46.